The summed E-state index contributed by atoms with van der Waals surface area (Å²) in [5, 5.41) is 10.3. The summed E-state index contributed by atoms with van der Waals surface area (Å²) in [7, 11) is 0. The van der Waals surface area contributed by atoms with Crippen molar-refractivity contribution in [2.24, 2.45) is 0 Å². The van der Waals surface area contributed by atoms with E-state index in [1.165, 1.54) is 6.42 Å². The monoisotopic (exact) mass is 380 g/mol. The number of hydrogen-bond acceptors (Lipinski definition) is 6. The molecule has 1 aromatic carbocycles. The minimum Gasteiger partial charge on any atom is -0.494 e. The van der Waals surface area contributed by atoms with Crippen LogP contribution in [0, 0.1) is 0 Å². The molecule has 1 fully saturated rings. The fourth-order valence-electron chi connectivity index (χ4n) is 2.82. The fourth-order valence-corrected chi connectivity index (χ4v) is 2.82. The lowest BCUT2D eigenvalue weighted by Gasteiger charge is -2.10. The summed E-state index contributed by atoms with van der Waals surface area (Å²) in [6.07, 6.45) is 3.08. The van der Waals surface area contributed by atoms with E-state index in [0.29, 0.717) is 43.8 Å². The number of nitrogens with zero attached hydrogens (tertiary/aromatic N) is 2. The molecule has 0 spiro atoms. The summed E-state index contributed by atoms with van der Waals surface area (Å²) in [5.74, 6) is 1.81. The third kappa shape index (κ3) is 5.71. The number of rotatable bonds is 8. The summed E-state index contributed by atoms with van der Waals surface area (Å²) < 4.78 is 10.7. The van der Waals surface area contributed by atoms with Crippen LogP contribution in [0.15, 0.2) is 28.8 Å². The molecule has 7 nitrogen and oxygen atoms in total. The van der Waals surface area contributed by atoms with Gasteiger partial charge in [0.2, 0.25) is 17.6 Å². The number of nitrogens with one attached hydrogen (secondary N) is 2. The van der Waals surface area contributed by atoms with Gasteiger partial charge in [0, 0.05) is 31.0 Å². The zero-order valence-electron chi connectivity index (χ0n) is 14.9. The Morgan fingerprint density at radius 2 is 2.19 bits per heavy atom. The molecule has 1 saturated heterocycles. The van der Waals surface area contributed by atoms with E-state index in [4.69, 9.17) is 9.26 Å². The van der Waals surface area contributed by atoms with Crippen LogP contribution in [0.3, 0.4) is 0 Å². The van der Waals surface area contributed by atoms with E-state index in [2.05, 4.69) is 20.8 Å². The standard InChI is InChI=1S/C18H24N4O3.ClH/c1-2-24-15-7-5-13(6-8-15)18-21-17(25-22-18)10-9-16(23)20-12-14-4-3-11-19-14;/h5-8,14,19H,2-4,9-12H2,1H3,(H,20,23);1H. The number of amides is 1. The Morgan fingerprint density at radius 1 is 1.38 bits per heavy atom. The van der Waals surface area contributed by atoms with Crippen molar-refractivity contribution in [1.82, 2.24) is 20.8 Å². The van der Waals surface area contributed by atoms with E-state index < -0.39 is 0 Å². The minimum absolute atomic E-state index is 0. The molecular formula is C18H25ClN4O3. The van der Waals surface area contributed by atoms with E-state index in [1.807, 2.05) is 31.2 Å². The molecule has 1 aromatic heterocycles. The lowest BCUT2D eigenvalue weighted by molar-refractivity contribution is -0.121. The SMILES string of the molecule is CCOc1ccc(-c2noc(CCC(=O)NCC3CCCN3)n2)cc1.Cl. The van der Waals surface area contributed by atoms with Crippen molar-refractivity contribution in [1.29, 1.82) is 0 Å². The summed E-state index contributed by atoms with van der Waals surface area (Å²) in [5.41, 5.74) is 0.857. The zero-order valence-corrected chi connectivity index (χ0v) is 15.7. The van der Waals surface area contributed by atoms with E-state index in [-0.39, 0.29) is 18.3 Å². The van der Waals surface area contributed by atoms with E-state index in [9.17, 15) is 4.79 Å². The Bertz CT molecular complexity index is 684. The summed E-state index contributed by atoms with van der Waals surface area (Å²) in [6, 6.07) is 7.93. The Balaban J connectivity index is 0.00000243. The van der Waals surface area contributed by atoms with Crippen LogP contribution in [0.4, 0.5) is 0 Å². The van der Waals surface area contributed by atoms with Gasteiger partial charge in [-0.3, -0.25) is 4.79 Å². The van der Waals surface area contributed by atoms with Crippen LogP contribution in [0.25, 0.3) is 11.4 Å². The summed E-state index contributed by atoms with van der Waals surface area (Å²) in [4.78, 5) is 16.3. The zero-order chi connectivity index (χ0) is 17.5. The number of carbonyl (C=O) groups excluding carboxylic acids is 1. The molecule has 1 atom stereocenters. The van der Waals surface area contributed by atoms with Crippen LogP contribution < -0.4 is 15.4 Å². The molecule has 3 rings (SSSR count). The van der Waals surface area contributed by atoms with Gasteiger partial charge in [-0.2, -0.15) is 4.98 Å². The maximum absolute atomic E-state index is 11.9. The van der Waals surface area contributed by atoms with E-state index in [0.717, 1.165) is 24.3 Å². The second-order valence-corrected chi connectivity index (χ2v) is 6.07. The van der Waals surface area contributed by atoms with Gasteiger partial charge < -0.3 is 19.9 Å². The van der Waals surface area contributed by atoms with Crippen LogP contribution in [-0.4, -0.2) is 41.8 Å². The van der Waals surface area contributed by atoms with Crippen LogP contribution in [-0.2, 0) is 11.2 Å². The number of ether oxygens (including phenoxy) is 1. The van der Waals surface area contributed by atoms with Gasteiger partial charge in [-0.1, -0.05) is 5.16 Å². The molecule has 1 unspecified atom stereocenters. The maximum Gasteiger partial charge on any atom is 0.227 e. The van der Waals surface area contributed by atoms with Crippen LogP contribution in [0.5, 0.6) is 5.75 Å². The second-order valence-electron chi connectivity index (χ2n) is 6.07. The van der Waals surface area contributed by atoms with Crippen molar-refractivity contribution < 1.29 is 14.1 Å². The van der Waals surface area contributed by atoms with Crippen molar-refractivity contribution in [3.8, 4) is 17.1 Å². The number of halogens is 1. The third-order valence-corrected chi connectivity index (χ3v) is 4.17. The first-order valence-corrected chi connectivity index (χ1v) is 8.80. The first-order valence-electron chi connectivity index (χ1n) is 8.80. The molecule has 0 saturated carbocycles. The number of aryl methyl sites for hydroxylation is 1. The molecule has 1 amide bonds. The summed E-state index contributed by atoms with van der Waals surface area (Å²) >= 11 is 0. The number of benzene rings is 1. The maximum atomic E-state index is 11.9. The highest BCUT2D eigenvalue weighted by atomic mass is 35.5. The average Bonchev–Trinajstić information content (AvgIpc) is 3.31. The topological polar surface area (TPSA) is 89.3 Å². The molecule has 8 heteroatoms. The van der Waals surface area contributed by atoms with Gasteiger partial charge >= 0.3 is 0 Å². The molecular weight excluding hydrogens is 356 g/mol. The van der Waals surface area contributed by atoms with Gasteiger partial charge in [-0.15, -0.1) is 12.4 Å². The largest absolute Gasteiger partial charge is 0.494 e. The van der Waals surface area contributed by atoms with Crippen LogP contribution in [0.1, 0.15) is 32.1 Å². The molecule has 1 aliphatic rings. The van der Waals surface area contributed by atoms with E-state index >= 15 is 0 Å². The van der Waals surface area contributed by atoms with Crippen molar-refractivity contribution in [2.45, 2.75) is 38.6 Å². The third-order valence-electron chi connectivity index (χ3n) is 4.17. The molecule has 2 N–H and O–H groups in total. The first-order chi connectivity index (χ1) is 12.2. The highest BCUT2D eigenvalue weighted by molar-refractivity contribution is 5.85. The molecule has 142 valence electrons. The number of carbonyl (C=O) groups is 1. The smallest absolute Gasteiger partial charge is 0.227 e. The van der Waals surface area contributed by atoms with Gasteiger partial charge in [-0.05, 0) is 50.6 Å². The molecule has 0 aliphatic carbocycles. The van der Waals surface area contributed by atoms with Gasteiger partial charge in [-0.25, -0.2) is 0 Å². The predicted molar refractivity (Wildman–Crippen MR) is 101 cm³/mol. The summed E-state index contributed by atoms with van der Waals surface area (Å²) in [6.45, 7) is 4.29. The molecule has 0 bridgehead atoms. The van der Waals surface area contributed by atoms with E-state index in [1.54, 1.807) is 0 Å². The first kappa shape index (κ1) is 20.2. The van der Waals surface area contributed by atoms with Crippen molar-refractivity contribution in [3.63, 3.8) is 0 Å². The Morgan fingerprint density at radius 3 is 2.88 bits per heavy atom. The normalized spacial score (nSPS) is 16.1. The average molecular weight is 381 g/mol. The molecule has 26 heavy (non-hydrogen) atoms. The quantitative estimate of drug-likeness (QED) is 0.730. The Hall–Kier alpha value is -2.12. The van der Waals surface area contributed by atoms with Crippen LogP contribution >= 0.6 is 12.4 Å². The number of hydrogen-bond donors (Lipinski definition) is 2. The molecule has 2 aromatic rings. The second kappa shape index (κ2) is 10.1. The number of aromatic nitrogens is 2. The highest BCUT2D eigenvalue weighted by Crippen LogP contribution is 2.20. The molecule has 1 aliphatic heterocycles. The lowest BCUT2D eigenvalue weighted by atomic mass is 10.2. The predicted octanol–water partition coefficient (Wildman–Crippen LogP) is 2.36. The Kier molecular flexibility index (Phi) is 7.87. The van der Waals surface area contributed by atoms with Crippen LogP contribution in [0.2, 0.25) is 0 Å². The van der Waals surface area contributed by atoms with Gasteiger partial charge in [0.1, 0.15) is 5.75 Å². The van der Waals surface area contributed by atoms with Crippen molar-refractivity contribution >= 4 is 18.3 Å². The van der Waals surface area contributed by atoms with Crippen molar-refractivity contribution in [2.75, 3.05) is 19.7 Å². The highest BCUT2D eigenvalue weighted by Gasteiger charge is 2.15. The molecule has 2 heterocycles. The fraction of sp³-hybridized carbons (Fsp3) is 0.500. The van der Waals surface area contributed by atoms with Gasteiger partial charge in [0.15, 0.2) is 0 Å². The Labute approximate surface area is 159 Å². The van der Waals surface area contributed by atoms with Crippen molar-refractivity contribution in [3.05, 3.63) is 30.2 Å². The van der Waals surface area contributed by atoms with Gasteiger partial charge in [0.25, 0.3) is 0 Å². The van der Waals surface area contributed by atoms with Gasteiger partial charge in [0.05, 0.1) is 6.61 Å². The molecule has 0 radical (unpaired) electrons. The lowest BCUT2D eigenvalue weighted by Crippen LogP contribution is -2.37. The minimum atomic E-state index is 0.